The molecule has 3 aromatic rings. The third-order valence-corrected chi connectivity index (χ3v) is 5.11. The molecule has 9 nitrogen and oxygen atoms in total. The van der Waals surface area contributed by atoms with Crippen LogP contribution in [0.4, 0.5) is 11.6 Å². The summed E-state index contributed by atoms with van der Waals surface area (Å²) >= 11 is 0. The number of aromatic nitrogens is 4. The Morgan fingerprint density at radius 3 is 2.75 bits per heavy atom. The van der Waals surface area contributed by atoms with Gasteiger partial charge in [-0.25, -0.2) is 14.6 Å². The van der Waals surface area contributed by atoms with E-state index in [0.29, 0.717) is 36.0 Å². The van der Waals surface area contributed by atoms with Crippen molar-refractivity contribution in [2.45, 2.75) is 25.8 Å². The van der Waals surface area contributed by atoms with E-state index in [1.807, 2.05) is 6.92 Å². The molecule has 3 heterocycles. The third-order valence-electron chi connectivity index (χ3n) is 5.11. The fraction of sp³-hybridized carbons (Fsp3) is 0.368. The molecule has 0 saturated carbocycles. The van der Waals surface area contributed by atoms with Gasteiger partial charge in [0.25, 0.3) is 0 Å². The average molecular weight is 383 g/mol. The Balaban J connectivity index is 1.73. The molecule has 0 amide bonds. The van der Waals surface area contributed by atoms with Crippen LogP contribution in [0.1, 0.15) is 34.8 Å². The van der Waals surface area contributed by atoms with Gasteiger partial charge < -0.3 is 15.2 Å². The second-order valence-corrected chi connectivity index (χ2v) is 6.92. The normalized spacial score (nSPS) is 15.1. The number of benzene rings is 1. The molecule has 1 fully saturated rings. The molecule has 1 saturated heterocycles. The summed E-state index contributed by atoms with van der Waals surface area (Å²) in [6.45, 7) is 3.06. The number of carbonyl (C=O) groups is 1. The predicted octanol–water partition coefficient (Wildman–Crippen LogP) is 2.23. The molecule has 2 aromatic heterocycles. The number of anilines is 2. The van der Waals surface area contributed by atoms with E-state index in [1.165, 1.54) is 6.07 Å². The summed E-state index contributed by atoms with van der Waals surface area (Å²) in [5.41, 5.74) is 2.82. The van der Waals surface area contributed by atoms with Crippen molar-refractivity contribution in [1.29, 1.82) is 0 Å². The lowest BCUT2D eigenvalue weighted by Gasteiger charge is -2.22. The lowest BCUT2D eigenvalue weighted by Crippen LogP contribution is -2.30. The highest BCUT2D eigenvalue weighted by atomic mass is 16.5. The lowest BCUT2D eigenvalue weighted by atomic mass is 10.1. The molecule has 0 bridgehead atoms. The maximum Gasteiger partial charge on any atom is 0.335 e. The van der Waals surface area contributed by atoms with Gasteiger partial charge in [0.2, 0.25) is 5.95 Å². The molecule has 0 atom stereocenters. The van der Waals surface area contributed by atoms with E-state index in [-0.39, 0.29) is 17.3 Å². The highest BCUT2D eigenvalue weighted by Gasteiger charge is 2.23. The zero-order valence-corrected chi connectivity index (χ0v) is 15.7. The summed E-state index contributed by atoms with van der Waals surface area (Å²) < 4.78 is 8.70. The molecule has 0 spiro atoms. The van der Waals surface area contributed by atoms with Crippen molar-refractivity contribution in [2.24, 2.45) is 7.05 Å². The smallest absolute Gasteiger partial charge is 0.335 e. The van der Waals surface area contributed by atoms with E-state index in [4.69, 9.17) is 9.84 Å². The van der Waals surface area contributed by atoms with Gasteiger partial charge in [-0.1, -0.05) is 0 Å². The SMILES string of the molecule is Cc1cc(C(=O)O)ccc1Nc1ncc2c(n1)n(C1CCOCC1)c(=O)n2C. The molecule has 146 valence electrons. The number of ether oxygens (including phenoxy) is 1. The molecule has 4 rings (SSSR count). The Kier molecular flexibility index (Phi) is 4.60. The summed E-state index contributed by atoms with van der Waals surface area (Å²) in [6.07, 6.45) is 3.16. The number of carboxylic acids is 1. The van der Waals surface area contributed by atoms with E-state index in [9.17, 15) is 9.59 Å². The Hall–Kier alpha value is -3.20. The number of fused-ring (bicyclic) bond motifs is 1. The van der Waals surface area contributed by atoms with Crippen molar-refractivity contribution in [3.63, 3.8) is 0 Å². The minimum absolute atomic E-state index is 0.0456. The van der Waals surface area contributed by atoms with Crippen LogP contribution in [0.5, 0.6) is 0 Å². The maximum atomic E-state index is 12.8. The maximum absolute atomic E-state index is 12.8. The summed E-state index contributed by atoms with van der Waals surface area (Å²) in [6, 6.07) is 4.84. The number of carboxylic acid groups (broad SMARTS) is 1. The van der Waals surface area contributed by atoms with Crippen LogP contribution < -0.4 is 11.0 Å². The summed E-state index contributed by atoms with van der Waals surface area (Å²) in [7, 11) is 1.71. The van der Waals surface area contributed by atoms with Crippen molar-refractivity contribution in [3.05, 3.63) is 46.0 Å². The highest BCUT2D eigenvalue weighted by molar-refractivity contribution is 5.88. The van der Waals surface area contributed by atoms with Crippen LogP contribution in [-0.4, -0.2) is 43.4 Å². The van der Waals surface area contributed by atoms with Gasteiger partial charge in [0, 0.05) is 32.0 Å². The van der Waals surface area contributed by atoms with Crippen molar-refractivity contribution in [1.82, 2.24) is 19.1 Å². The van der Waals surface area contributed by atoms with Crippen molar-refractivity contribution < 1.29 is 14.6 Å². The van der Waals surface area contributed by atoms with Gasteiger partial charge in [-0.2, -0.15) is 4.98 Å². The first-order valence-corrected chi connectivity index (χ1v) is 9.08. The van der Waals surface area contributed by atoms with Crippen molar-refractivity contribution >= 4 is 28.8 Å². The van der Waals surface area contributed by atoms with Crippen LogP contribution in [0.2, 0.25) is 0 Å². The Bertz CT molecular complexity index is 1110. The zero-order chi connectivity index (χ0) is 19.8. The quantitative estimate of drug-likeness (QED) is 0.710. The van der Waals surface area contributed by atoms with Crippen LogP contribution in [0, 0.1) is 6.92 Å². The molecule has 28 heavy (non-hydrogen) atoms. The number of nitrogens with zero attached hydrogens (tertiary/aromatic N) is 4. The zero-order valence-electron chi connectivity index (χ0n) is 15.7. The van der Waals surface area contributed by atoms with E-state index < -0.39 is 5.97 Å². The average Bonchev–Trinajstić information content (AvgIpc) is 2.94. The fourth-order valence-corrected chi connectivity index (χ4v) is 3.53. The Morgan fingerprint density at radius 2 is 2.07 bits per heavy atom. The number of hydrogen-bond donors (Lipinski definition) is 2. The summed E-state index contributed by atoms with van der Waals surface area (Å²) in [5, 5.41) is 12.2. The van der Waals surface area contributed by atoms with Gasteiger partial charge in [0.05, 0.1) is 11.8 Å². The number of imidazole rings is 1. The third kappa shape index (κ3) is 3.13. The molecule has 9 heteroatoms. The lowest BCUT2D eigenvalue weighted by molar-refractivity contribution is 0.0692. The molecule has 2 N–H and O–H groups in total. The van der Waals surface area contributed by atoms with E-state index in [2.05, 4.69) is 15.3 Å². The summed E-state index contributed by atoms with van der Waals surface area (Å²) in [4.78, 5) is 32.8. The minimum atomic E-state index is -0.975. The van der Waals surface area contributed by atoms with Crippen molar-refractivity contribution in [3.8, 4) is 0 Å². The molecule has 0 unspecified atom stereocenters. The van der Waals surface area contributed by atoms with Crippen LogP contribution in [-0.2, 0) is 11.8 Å². The van der Waals surface area contributed by atoms with Crippen LogP contribution in [0.25, 0.3) is 11.2 Å². The van der Waals surface area contributed by atoms with Crippen molar-refractivity contribution in [2.75, 3.05) is 18.5 Å². The monoisotopic (exact) mass is 383 g/mol. The predicted molar refractivity (Wildman–Crippen MR) is 103 cm³/mol. The number of nitrogens with one attached hydrogen (secondary N) is 1. The first-order chi connectivity index (χ1) is 13.5. The highest BCUT2D eigenvalue weighted by Crippen LogP contribution is 2.25. The summed E-state index contributed by atoms with van der Waals surface area (Å²) in [5.74, 6) is -0.623. The van der Waals surface area contributed by atoms with Gasteiger partial charge in [-0.15, -0.1) is 0 Å². The molecular weight excluding hydrogens is 362 g/mol. The van der Waals surface area contributed by atoms with Gasteiger partial charge in [0.15, 0.2) is 5.65 Å². The van der Waals surface area contributed by atoms with E-state index in [0.717, 1.165) is 18.4 Å². The van der Waals surface area contributed by atoms with E-state index in [1.54, 1.807) is 34.5 Å². The van der Waals surface area contributed by atoms with Crippen LogP contribution in [0.3, 0.4) is 0 Å². The molecule has 1 aliphatic heterocycles. The van der Waals surface area contributed by atoms with Crippen LogP contribution in [0.15, 0.2) is 29.2 Å². The number of aromatic carboxylic acids is 1. The first-order valence-electron chi connectivity index (χ1n) is 9.08. The fourth-order valence-electron chi connectivity index (χ4n) is 3.53. The largest absolute Gasteiger partial charge is 0.478 e. The molecule has 1 aliphatic rings. The van der Waals surface area contributed by atoms with Gasteiger partial charge in [-0.3, -0.25) is 9.13 Å². The minimum Gasteiger partial charge on any atom is -0.478 e. The topological polar surface area (TPSA) is 111 Å². The Morgan fingerprint density at radius 1 is 1.32 bits per heavy atom. The molecule has 0 radical (unpaired) electrons. The second kappa shape index (κ2) is 7.08. The number of rotatable bonds is 4. The van der Waals surface area contributed by atoms with E-state index >= 15 is 0 Å². The standard InChI is InChI=1S/C19H21N5O4/c1-11-9-12(17(25)26)3-4-14(11)21-18-20-10-15-16(22-18)24(19(27)23(15)2)13-5-7-28-8-6-13/h3-4,9-10,13H,5-8H2,1-2H3,(H,25,26)(H,20,21,22). The molecular formula is C19H21N5O4. The van der Waals surface area contributed by atoms with Gasteiger partial charge >= 0.3 is 11.7 Å². The van der Waals surface area contributed by atoms with Gasteiger partial charge in [0.1, 0.15) is 5.52 Å². The Labute approximate surface area is 160 Å². The molecule has 1 aromatic carbocycles. The number of hydrogen-bond acceptors (Lipinski definition) is 6. The second-order valence-electron chi connectivity index (χ2n) is 6.92. The van der Waals surface area contributed by atoms with Crippen LogP contribution >= 0.6 is 0 Å². The number of aryl methyl sites for hydroxylation is 2. The van der Waals surface area contributed by atoms with Gasteiger partial charge in [-0.05, 0) is 43.5 Å². The molecule has 0 aliphatic carbocycles. The first kappa shape index (κ1) is 18.2.